The molecule has 0 bridgehead atoms. The summed E-state index contributed by atoms with van der Waals surface area (Å²) in [5, 5.41) is 0. The second-order valence-electron chi connectivity index (χ2n) is 8.02. The highest BCUT2D eigenvalue weighted by atomic mass is 16.5. The van der Waals surface area contributed by atoms with Gasteiger partial charge in [0, 0.05) is 12.2 Å². The van der Waals surface area contributed by atoms with Gasteiger partial charge in [0.15, 0.2) is 0 Å². The minimum atomic E-state index is -0.255. The van der Waals surface area contributed by atoms with Crippen LogP contribution in [-0.2, 0) is 22.6 Å². The zero-order valence-corrected chi connectivity index (χ0v) is 18.0. The number of anilines is 1. The van der Waals surface area contributed by atoms with E-state index in [1.807, 2.05) is 77.7 Å². The number of para-hydroxylation sites is 1. The van der Waals surface area contributed by atoms with Crippen molar-refractivity contribution in [2.24, 2.45) is 0 Å². The van der Waals surface area contributed by atoms with E-state index < -0.39 is 0 Å². The third-order valence-electron chi connectivity index (χ3n) is 6.09. The maximum Gasteiger partial charge on any atom is 0.278 e. The van der Waals surface area contributed by atoms with Gasteiger partial charge in [0.05, 0.1) is 19.2 Å². The first-order valence-corrected chi connectivity index (χ1v) is 10.8. The highest BCUT2D eigenvalue weighted by Crippen LogP contribution is 2.38. The molecule has 0 unspecified atom stereocenters. The molecular formula is C27H24N2O3. The average Bonchev–Trinajstić information content (AvgIpc) is 3.09. The van der Waals surface area contributed by atoms with Gasteiger partial charge in [-0.25, -0.2) is 0 Å². The van der Waals surface area contributed by atoms with Crippen LogP contribution in [0.1, 0.15) is 23.1 Å². The van der Waals surface area contributed by atoms with E-state index in [2.05, 4.69) is 6.07 Å². The Kier molecular flexibility index (Phi) is 5.23. The Balaban J connectivity index is 1.58. The first-order chi connectivity index (χ1) is 15.7. The summed E-state index contributed by atoms with van der Waals surface area (Å²) in [5.74, 6) is 0.234. The molecule has 0 saturated heterocycles. The number of ether oxygens (including phenoxy) is 1. The van der Waals surface area contributed by atoms with Crippen molar-refractivity contribution >= 4 is 23.1 Å². The lowest BCUT2D eigenvalue weighted by atomic mass is 9.98. The quantitative estimate of drug-likeness (QED) is 0.569. The number of carbonyl (C=O) groups excluding carboxylic acids is 2. The van der Waals surface area contributed by atoms with Crippen molar-refractivity contribution in [2.45, 2.75) is 19.4 Å². The molecule has 0 saturated carbocycles. The normalized spacial score (nSPS) is 15.9. The van der Waals surface area contributed by atoms with Crippen molar-refractivity contribution in [1.29, 1.82) is 0 Å². The minimum Gasteiger partial charge on any atom is -0.497 e. The Labute approximate surface area is 187 Å². The number of hydrogen-bond acceptors (Lipinski definition) is 4. The molecule has 0 N–H and O–H groups in total. The first kappa shape index (κ1) is 20.1. The molecule has 0 radical (unpaired) electrons. The Hall–Kier alpha value is -3.86. The summed E-state index contributed by atoms with van der Waals surface area (Å²) in [7, 11) is 1.61. The van der Waals surface area contributed by atoms with Crippen LogP contribution in [0, 0.1) is 0 Å². The van der Waals surface area contributed by atoms with Crippen molar-refractivity contribution in [1.82, 2.24) is 4.90 Å². The molecule has 0 spiro atoms. The number of benzene rings is 3. The summed E-state index contributed by atoms with van der Waals surface area (Å²) in [6.07, 6.45) is 1.90. The van der Waals surface area contributed by atoms with Crippen LogP contribution in [0.25, 0.3) is 5.57 Å². The van der Waals surface area contributed by atoms with E-state index in [4.69, 9.17) is 4.74 Å². The van der Waals surface area contributed by atoms with Crippen molar-refractivity contribution in [3.05, 3.63) is 101 Å². The molecule has 2 aliphatic rings. The highest BCUT2D eigenvalue weighted by Gasteiger charge is 2.42. The summed E-state index contributed by atoms with van der Waals surface area (Å²) in [6.45, 7) is 0.926. The lowest BCUT2D eigenvalue weighted by Gasteiger charge is -2.32. The van der Waals surface area contributed by atoms with Gasteiger partial charge in [0.2, 0.25) is 0 Å². The topological polar surface area (TPSA) is 49.9 Å². The second-order valence-corrected chi connectivity index (χ2v) is 8.02. The fourth-order valence-corrected chi connectivity index (χ4v) is 4.50. The average molecular weight is 425 g/mol. The zero-order valence-electron chi connectivity index (χ0n) is 18.0. The molecule has 5 heteroatoms. The van der Waals surface area contributed by atoms with Crippen LogP contribution < -0.4 is 9.64 Å². The van der Waals surface area contributed by atoms with Crippen molar-refractivity contribution < 1.29 is 14.3 Å². The summed E-state index contributed by atoms with van der Waals surface area (Å²) < 4.78 is 5.22. The molecule has 0 atom stereocenters. The van der Waals surface area contributed by atoms with Crippen molar-refractivity contribution in [2.75, 3.05) is 18.6 Å². The number of amides is 2. The van der Waals surface area contributed by atoms with Gasteiger partial charge in [-0.05, 0) is 47.7 Å². The molecule has 2 heterocycles. The molecule has 0 fully saturated rings. The summed E-state index contributed by atoms with van der Waals surface area (Å²) in [5.41, 5.74) is 4.80. The number of rotatable bonds is 5. The van der Waals surface area contributed by atoms with Crippen LogP contribution in [0.2, 0.25) is 0 Å². The summed E-state index contributed by atoms with van der Waals surface area (Å²) in [4.78, 5) is 30.7. The summed E-state index contributed by atoms with van der Waals surface area (Å²) in [6, 6.07) is 25.1. The Morgan fingerprint density at radius 2 is 1.56 bits per heavy atom. The van der Waals surface area contributed by atoms with Gasteiger partial charge in [-0.3, -0.25) is 14.5 Å². The molecule has 0 aromatic heterocycles. The number of aryl methyl sites for hydroxylation is 1. The van der Waals surface area contributed by atoms with E-state index in [0.29, 0.717) is 17.8 Å². The smallest absolute Gasteiger partial charge is 0.278 e. The fraction of sp³-hybridized carbons (Fsp3) is 0.185. The molecule has 5 rings (SSSR count). The van der Waals surface area contributed by atoms with Gasteiger partial charge >= 0.3 is 0 Å². The molecule has 32 heavy (non-hydrogen) atoms. The van der Waals surface area contributed by atoms with E-state index in [0.717, 1.165) is 35.4 Å². The van der Waals surface area contributed by atoms with Crippen LogP contribution in [0.3, 0.4) is 0 Å². The third-order valence-corrected chi connectivity index (χ3v) is 6.09. The van der Waals surface area contributed by atoms with Gasteiger partial charge in [-0.2, -0.15) is 0 Å². The number of fused-ring (bicyclic) bond motifs is 1. The van der Waals surface area contributed by atoms with Crippen LogP contribution in [0.15, 0.2) is 84.6 Å². The Morgan fingerprint density at radius 1 is 0.844 bits per heavy atom. The predicted molar refractivity (Wildman–Crippen MR) is 124 cm³/mol. The monoisotopic (exact) mass is 424 g/mol. The molecule has 160 valence electrons. The van der Waals surface area contributed by atoms with Gasteiger partial charge in [0.25, 0.3) is 11.8 Å². The fourth-order valence-electron chi connectivity index (χ4n) is 4.50. The van der Waals surface area contributed by atoms with E-state index in [9.17, 15) is 9.59 Å². The Bertz CT molecular complexity index is 1200. The van der Waals surface area contributed by atoms with E-state index in [1.165, 1.54) is 10.5 Å². The van der Waals surface area contributed by atoms with Crippen LogP contribution in [-0.4, -0.2) is 30.4 Å². The third kappa shape index (κ3) is 3.46. The number of hydrogen-bond donors (Lipinski definition) is 0. The van der Waals surface area contributed by atoms with Crippen molar-refractivity contribution in [3.63, 3.8) is 0 Å². The number of nitrogens with zero attached hydrogens (tertiary/aromatic N) is 2. The van der Waals surface area contributed by atoms with Gasteiger partial charge < -0.3 is 9.64 Å². The number of methoxy groups -OCH3 is 1. The van der Waals surface area contributed by atoms with E-state index in [-0.39, 0.29) is 18.4 Å². The molecule has 2 amide bonds. The number of carbonyl (C=O) groups is 2. The SMILES string of the molecule is COc1ccc(CN2C(=O)C(c3ccccc3)=C(N3CCCc4ccccc43)C2=O)cc1. The predicted octanol–water partition coefficient (Wildman–Crippen LogP) is 4.43. The van der Waals surface area contributed by atoms with Crippen LogP contribution >= 0.6 is 0 Å². The molecule has 3 aromatic carbocycles. The van der Waals surface area contributed by atoms with Crippen LogP contribution in [0.4, 0.5) is 5.69 Å². The number of imide groups is 1. The van der Waals surface area contributed by atoms with Gasteiger partial charge in [-0.1, -0.05) is 60.7 Å². The van der Waals surface area contributed by atoms with Crippen molar-refractivity contribution in [3.8, 4) is 5.75 Å². The highest BCUT2D eigenvalue weighted by molar-refractivity contribution is 6.36. The van der Waals surface area contributed by atoms with Gasteiger partial charge in [0.1, 0.15) is 11.4 Å². The van der Waals surface area contributed by atoms with E-state index in [1.54, 1.807) is 7.11 Å². The zero-order chi connectivity index (χ0) is 22.1. The maximum atomic E-state index is 13.7. The largest absolute Gasteiger partial charge is 0.497 e. The standard InChI is InChI=1S/C27H24N2O3/c1-32-22-15-13-19(14-16-22)18-29-26(30)24(21-9-3-2-4-10-21)25(27(29)31)28-17-7-11-20-8-5-6-12-23(20)28/h2-6,8-10,12-16H,7,11,17-18H2,1H3. The Morgan fingerprint density at radius 3 is 2.31 bits per heavy atom. The lowest BCUT2D eigenvalue weighted by molar-refractivity contribution is -0.137. The van der Waals surface area contributed by atoms with Gasteiger partial charge in [-0.15, -0.1) is 0 Å². The molecule has 3 aromatic rings. The molecular weight excluding hydrogens is 400 g/mol. The lowest BCUT2D eigenvalue weighted by Crippen LogP contribution is -2.36. The maximum absolute atomic E-state index is 13.7. The first-order valence-electron chi connectivity index (χ1n) is 10.8. The van der Waals surface area contributed by atoms with Crippen LogP contribution in [0.5, 0.6) is 5.75 Å². The minimum absolute atomic E-state index is 0.219. The molecule has 5 nitrogen and oxygen atoms in total. The molecule has 2 aliphatic heterocycles. The molecule has 0 aliphatic carbocycles. The second kappa shape index (κ2) is 8.35. The summed E-state index contributed by atoms with van der Waals surface area (Å²) >= 11 is 0. The van der Waals surface area contributed by atoms with E-state index >= 15 is 0 Å².